The van der Waals surface area contributed by atoms with E-state index in [2.05, 4.69) is 76.4 Å². The van der Waals surface area contributed by atoms with Crippen LogP contribution in [0.25, 0.3) is 0 Å². The highest BCUT2D eigenvalue weighted by molar-refractivity contribution is 5.98. The first-order valence-corrected chi connectivity index (χ1v) is 31.9. The number of hydrogen-bond donors (Lipinski definition) is 3. The number of pyridine rings is 2. The summed E-state index contributed by atoms with van der Waals surface area (Å²) >= 11 is 0. The Balaban J connectivity index is 0.662. The molecule has 0 bridgehead atoms. The number of piperazine rings is 3. The maximum atomic E-state index is 14.5. The Bertz CT molecular complexity index is 3290. The Morgan fingerprint density at radius 1 is 0.523 bits per heavy atom. The van der Waals surface area contributed by atoms with Crippen molar-refractivity contribution in [1.82, 2.24) is 44.7 Å². The molecule has 0 unspecified atom stereocenters. The molecule has 0 radical (unpaired) electrons. The summed E-state index contributed by atoms with van der Waals surface area (Å²) in [5.41, 5.74) is 6.05. The van der Waals surface area contributed by atoms with Gasteiger partial charge in [-0.1, -0.05) is 83.1 Å². The maximum absolute atomic E-state index is 14.5. The van der Waals surface area contributed by atoms with Crippen molar-refractivity contribution in [2.75, 3.05) is 108 Å². The van der Waals surface area contributed by atoms with E-state index in [1.54, 1.807) is 24.3 Å². The molecule has 88 heavy (non-hydrogen) atoms. The molecule has 6 aliphatic heterocycles. The largest absolute Gasteiger partial charge is 0.340 e. The second-order valence-corrected chi connectivity index (χ2v) is 27.7. The fourth-order valence-electron chi connectivity index (χ4n) is 14.7. The van der Waals surface area contributed by atoms with Crippen molar-refractivity contribution in [2.45, 2.75) is 135 Å². The molecule has 4 fully saturated rings. The number of aromatic amines is 2. The van der Waals surface area contributed by atoms with Gasteiger partial charge in [0.2, 0.25) is 23.6 Å². The molecule has 4 saturated heterocycles. The molecule has 4 amide bonds. The van der Waals surface area contributed by atoms with Gasteiger partial charge in [0.25, 0.3) is 11.1 Å². The van der Waals surface area contributed by atoms with Crippen LogP contribution in [-0.4, -0.2) is 191 Å². The van der Waals surface area contributed by atoms with E-state index in [4.69, 9.17) is 0 Å². The Hall–Kier alpha value is -6.90. The number of nitrogens with one attached hydrogen (secondary N) is 3. The second-order valence-electron chi connectivity index (χ2n) is 27.7. The highest BCUT2D eigenvalue weighted by atomic mass is 19.1. The van der Waals surface area contributed by atoms with Crippen LogP contribution in [0.2, 0.25) is 0 Å². The first kappa shape index (κ1) is 62.7. The number of H-pyrrole nitrogens is 2. The van der Waals surface area contributed by atoms with Gasteiger partial charge < -0.3 is 34.9 Å². The summed E-state index contributed by atoms with van der Waals surface area (Å²) in [7, 11) is 0. The van der Waals surface area contributed by atoms with Gasteiger partial charge in [0.05, 0.1) is 37.3 Å². The number of carbonyl (C=O) groups is 4. The van der Waals surface area contributed by atoms with Crippen LogP contribution in [0, 0.1) is 17.6 Å². The SMILES string of the molecule is C[C@H]1CC[C@H](CN2CCN(C(=O)Cc3ccccc3CC(=O)N3CCN(C[C@H]4CN[C@H](C)CN4CC(=O)N4CC(C)(C)c5[nH]c(=O)c(Cc6ccc(F)cc6)cc54)[C@H](C)C3)C[C@H]2C)N(CC(=O)N2CC(C)(C)c3[nH]c(=O)c(Cc4ccc(F)cc4)cc32)C1. The van der Waals surface area contributed by atoms with Crippen LogP contribution >= 0.6 is 0 Å². The monoisotopic (exact) mass is 1210 g/mol. The van der Waals surface area contributed by atoms with E-state index in [-0.39, 0.29) is 103 Å². The maximum Gasteiger partial charge on any atom is 0.251 e. The zero-order valence-electron chi connectivity index (χ0n) is 52.7. The molecule has 6 atom stereocenters. The number of fused-ring (bicyclic) bond motifs is 2. The lowest BCUT2D eigenvalue weighted by Crippen LogP contribution is -2.63. The zero-order chi connectivity index (χ0) is 62.3. The van der Waals surface area contributed by atoms with E-state index in [1.165, 1.54) is 24.3 Å². The predicted molar refractivity (Wildman–Crippen MR) is 339 cm³/mol. The number of hydrogen-bond acceptors (Lipinski definition) is 11. The van der Waals surface area contributed by atoms with Crippen molar-refractivity contribution in [3.05, 3.63) is 162 Å². The molecule has 3 aromatic carbocycles. The molecule has 0 spiro atoms. The average Bonchev–Trinajstić information content (AvgIpc) is 1.68. The zero-order valence-corrected chi connectivity index (χ0v) is 52.7. The highest BCUT2D eigenvalue weighted by Gasteiger charge is 2.44. The number of benzene rings is 3. The van der Waals surface area contributed by atoms with Crippen LogP contribution < -0.4 is 26.2 Å². The van der Waals surface area contributed by atoms with Crippen molar-refractivity contribution in [3.8, 4) is 0 Å². The van der Waals surface area contributed by atoms with Gasteiger partial charge in [-0.25, -0.2) is 8.78 Å². The third-order valence-corrected chi connectivity index (χ3v) is 19.8. The van der Waals surface area contributed by atoms with Crippen LogP contribution in [0.5, 0.6) is 0 Å². The lowest BCUT2D eigenvalue weighted by molar-refractivity contribution is -0.134. The highest BCUT2D eigenvalue weighted by Crippen LogP contribution is 2.41. The number of halogens is 2. The quantitative estimate of drug-likeness (QED) is 0.105. The fraction of sp³-hybridized carbons (Fsp3) is 0.536. The number of nitrogens with zero attached hydrogens (tertiary/aromatic N) is 8. The summed E-state index contributed by atoms with van der Waals surface area (Å²) in [5, 5.41) is 3.64. The Kier molecular flexibility index (Phi) is 18.5. The minimum atomic E-state index is -0.458. The van der Waals surface area contributed by atoms with E-state index in [1.807, 2.05) is 69.8 Å². The Labute approximate surface area is 516 Å². The number of likely N-dealkylation sites (tertiary alicyclic amines) is 1. The summed E-state index contributed by atoms with van der Waals surface area (Å²) in [4.78, 5) is 107. The van der Waals surface area contributed by atoms with Gasteiger partial charge in [-0.05, 0) is 98.2 Å². The van der Waals surface area contributed by atoms with Gasteiger partial charge in [-0.2, -0.15) is 0 Å². The fourth-order valence-corrected chi connectivity index (χ4v) is 14.7. The minimum Gasteiger partial charge on any atom is -0.340 e. The lowest BCUT2D eigenvalue weighted by Gasteiger charge is -2.45. The summed E-state index contributed by atoms with van der Waals surface area (Å²) in [6, 6.07) is 24.4. The van der Waals surface area contributed by atoms with Crippen LogP contribution in [0.1, 0.15) is 113 Å². The second kappa shape index (κ2) is 25.9. The summed E-state index contributed by atoms with van der Waals surface area (Å²) in [6.45, 7) is 25.8. The van der Waals surface area contributed by atoms with Crippen molar-refractivity contribution in [2.24, 2.45) is 5.92 Å². The van der Waals surface area contributed by atoms with E-state index >= 15 is 0 Å². The van der Waals surface area contributed by atoms with Crippen LogP contribution in [0.15, 0.2) is 94.5 Å². The number of aromatic nitrogens is 2. The van der Waals surface area contributed by atoms with Crippen LogP contribution in [0.3, 0.4) is 0 Å². The number of anilines is 2. The van der Waals surface area contributed by atoms with Crippen LogP contribution in [0.4, 0.5) is 20.2 Å². The van der Waals surface area contributed by atoms with E-state index in [0.29, 0.717) is 88.8 Å². The van der Waals surface area contributed by atoms with Gasteiger partial charge in [-0.3, -0.25) is 48.4 Å². The van der Waals surface area contributed by atoms with E-state index in [9.17, 15) is 37.5 Å². The first-order valence-electron chi connectivity index (χ1n) is 31.9. The lowest BCUT2D eigenvalue weighted by atomic mass is 9.91. The predicted octanol–water partition coefficient (Wildman–Crippen LogP) is 6.09. The third kappa shape index (κ3) is 13.9. The Morgan fingerprint density at radius 2 is 0.966 bits per heavy atom. The number of carbonyl (C=O) groups excluding carboxylic acids is 4. The number of rotatable bonds is 16. The molecular weight excluding hydrogens is 1120 g/mol. The molecule has 19 heteroatoms. The molecule has 11 rings (SSSR count). The standard InChI is InChI=1S/C69H89F2N11O6/c1-44-13-22-56(79(34-44)40-62(85)81-42-68(5,6)64-58(81)29-52(66(87)73-64)27-48-14-18-54(70)19-15-48)38-75-23-25-77(36-46(75)3)60(83)31-50-11-9-10-12-51(50)32-61(84)78-26-24-76(47(4)37-78)39-57-33-72-45(2)35-80(57)41-63(86)82-43-69(7,8)65-59(82)30-53(67(88)74-65)28-49-16-20-55(71)21-17-49/h9-12,14-21,29-30,44-47,56-57,72H,13,22-28,31-43H2,1-8H3,(H,73,87)(H,74,88)/t44-,45+,46+,47+,56+,57+/m0/s1. The normalized spacial score (nSPS) is 24.2. The molecule has 0 aliphatic carbocycles. The molecule has 0 saturated carbocycles. The van der Waals surface area contributed by atoms with Gasteiger partial charge in [0, 0.05) is 161 Å². The van der Waals surface area contributed by atoms with E-state index in [0.717, 1.165) is 84.0 Å². The third-order valence-electron chi connectivity index (χ3n) is 19.8. The van der Waals surface area contributed by atoms with Gasteiger partial charge in [0.15, 0.2) is 0 Å². The summed E-state index contributed by atoms with van der Waals surface area (Å²) < 4.78 is 27.4. The summed E-state index contributed by atoms with van der Waals surface area (Å²) in [6.07, 6.45) is 3.10. The first-order chi connectivity index (χ1) is 41.9. The van der Waals surface area contributed by atoms with Crippen molar-refractivity contribution in [3.63, 3.8) is 0 Å². The van der Waals surface area contributed by atoms with Gasteiger partial charge in [0.1, 0.15) is 11.6 Å². The van der Waals surface area contributed by atoms with E-state index < -0.39 is 10.8 Å². The molecule has 5 aromatic rings. The smallest absolute Gasteiger partial charge is 0.251 e. The molecule has 2 aromatic heterocycles. The van der Waals surface area contributed by atoms with Crippen LogP contribution in [-0.2, 0) is 55.7 Å². The van der Waals surface area contributed by atoms with Crippen molar-refractivity contribution in [1.29, 1.82) is 0 Å². The van der Waals surface area contributed by atoms with Crippen molar-refractivity contribution >= 4 is 35.0 Å². The van der Waals surface area contributed by atoms with Gasteiger partial charge in [-0.15, -0.1) is 0 Å². The average molecular weight is 1210 g/mol. The topological polar surface area (TPSA) is 172 Å². The Morgan fingerprint density at radius 3 is 1.42 bits per heavy atom. The molecule has 6 aliphatic rings. The minimum absolute atomic E-state index is 0.0000385. The number of piperidine rings is 1. The molecular formula is C69H89F2N11O6. The molecule has 470 valence electrons. The number of amides is 4. The molecule has 3 N–H and O–H groups in total. The molecule has 17 nitrogen and oxygen atoms in total. The summed E-state index contributed by atoms with van der Waals surface area (Å²) in [5.74, 6) is -0.181. The van der Waals surface area contributed by atoms with Crippen molar-refractivity contribution < 1.29 is 28.0 Å². The molecule has 8 heterocycles. The van der Waals surface area contributed by atoms with Gasteiger partial charge >= 0.3 is 0 Å².